The van der Waals surface area contributed by atoms with Gasteiger partial charge in [-0.25, -0.2) is 4.79 Å². The van der Waals surface area contributed by atoms with E-state index in [0.717, 1.165) is 25.9 Å². The topological polar surface area (TPSA) is 109 Å². The summed E-state index contributed by atoms with van der Waals surface area (Å²) in [5, 5.41) is 15.8. The molecule has 0 bridgehead atoms. The van der Waals surface area contributed by atoms with Gasteiger partial charge in [0.15, 0.2) is 0 Å². The van der Waals surface area contributed by atoms with E-state index in [4.69, 9.17) is 9.63 Å². The zero-order valence-electron chi connectivity index (χ0n) is 13.9. The van der Waals surface area contributed by atoms with Crippen molar-refractivity contribution in [3.8, 4) is 11.4 Å². The van der Waals surface area contributed by atoms with Gasteiger partial charge in [-0.2, -0.15) is 4.98 Å². The number of benzene rings is 1. The molecule has 0 spiro atoms. The summed E-state index contributed by atoms with van der Waals surface area (Å²) in [5.74, 6) is 0.00675. The van der Waals surface area contributed by atoms with E-state index in [0.29, 0.717) is 23.8 Å². The lowest BCUT2D eigenvalue weighted by atomic mass is 10.1. The van der Waals surface area contributed by atoms with Crippen molar-refractivity contribution < 1.29 is 19.2 Å². The molecule has 1 saturated heterocycles. The summed E-state index contributed by atoms with van der Waals surface area (Å²) in [6, 6.07) is 6.59. The van der Waals surface area contributed by atoms with Crippen LogP contribution in [0.1, 0.15) is 36.0 Å². The van der Waals surface area contributed by atoms with Crippen molar-refractivity contribution in [1.82, 2.24) is 20.4 Å². The maximum Gasteiger partial charge on any atom is 0.335 e. The maximum absolute atomic E-state index is 11.1. The predicted octanol–water partition coefficient (Wildman–Crippen LogP) is 1.54. The Labute approximate surface area is 144 Å². The van der Waals surface area contributed by atoms with Crippen molar-refractivity contribution in [1.29, 1.82) is 0 Å². The molecule has 1 aromatic heterocycles. The standard InChI is InChI=1S/C17H20N4O4/c1-11(22)18-14-6-8-21(9-7-14)10-15-19-16(20-25-15)12-2-4-13(5-3-12)17(23)24/h2-5,14H,6-10H2,1H3,(H,18,22)(H,23,24). The largest absolute Gasteiger partial charge is 0.478 e. The Morgan fingerprint density at radius 2 is 1.96 bits per heavy atom. The van der Waals surface area contributed by atoms with Gasteiger partial charge in [0.25, 0.3) is 0 Å². The highest BCUT2D eigenvalue weighted by Gasteiger charge is 2.21. The lowest BCUT2D eigenvalue weighted by Crippen LogP contribution is -2.43. The highest BCUT2D eigenvalue weighted by Crippen LogP contribution is 2.18. The third-order valence-electron chi connectivity index (χ3n) is 4.21. The lowest BCUT2D eigenvalue weighted by molar-refractivity contribution is -0.120. The quantitative estimate of drug-likeness (QED) is 0.846. The number of likely N-dealkylation sites (tertiary alicyclic amines) is 1. The molecule has 0 saturated carbocycles. The number of piperidine rings is 1. The molecule has 2 heterocycles. The number of aromatic nitrogens is 2. The summed E-state index contributed by atoms with van der Waals surface area (Å²) >= 11 is 0. The molecule has 8 heteroatoms. The van der Waals surface area contributed by atoms with Crippen molar-refractivity contribution >= 4 is 11.9 Å². The molecule has 132 valence electrons. The van der Waals surface area contributed by atoms with Crippen LogP contribution in [-0.2, 0) is 11.3 Å². The zero-order chi connectivity index (χ0) is 17.8. The normalized spacial score (nSPS) is 15.9. The number of carbonyl (C=O) groups is 2. The van der Waals surface area contributed by atoms with E-state index in [9.17, 15) is 9.59 Å². The molecule has 2 N–H and O–H groups in total. The second kappa shape index (κ2) is 7.43. The van der Waals surface area contributed by atoms with Gasteiger partial charge < -0.3 is 14.9 Å². The number of hydrogen-bond acceptors (Lipinski definition) is 6. The number of hydrogen-bond donors (Lipinski definition) is 2. The first-order chi connectivity index (χ1) is 12.0. The van der Waals surface area contributed by atoms with Gasteiger partial charge in [-0.15, -0.1) is 0 Å². The van der Waals surface area contributed by atoms with Crippen LogP contribution in [0.25, 0.3) is 11.4 Å². The average molecular weight is 344 g/mol. The number of nitrogens with one attached hydrogen (secondary N) is 1. The molecular formula is C17H20N4O4. The third kappa shape index (κ3) is 4.42. The fourth-order valence-corrected chi connectivity index (χ4v) is 2.91. The number of carbonyl (C=O) groups excluding carboxylic acids is 1. The second-order valence-corrected chi connectivity index (χ2v) is 6.15. The number of nitrogens with zero attached hydrogens (tertiary/aromatic N) is 3. The fourth-order valence-electron chi connectivity index (χ4n) is 2.91. The first kappa shape index (κ1) is 17.1. The van der Waals surface area contributed by atoms with E-state index in [1.165, 1.54) is 19.1 Å². The Morgan fingerprint density at radius 1 is 1.28 bits per heavy atom. The SMILES string of the molecule is CC(=O)NC1CCN(Cc2nc(-c3ccc(C(=O)O)cc3)no2)CC1. The molecule has 0 unspecified atom stereocenters. The summed E-state index contributed by atoms with van der Waals surface area (Å²) in [4.78, 5) is 28.6. The monoisotopic (exact) mass is 344 g/mol. The van der Waals surface area contributed by atoms with Crippen molar-refractivity contribution in [2.45, 2.75) is 32.4 Å². The first-order valence-electron chi connectivity index (χ1n) is 8.17. The molecule has 0 radical (unpaired) electrons. The van der Waals surface area contributed by atoms with Crippen molar-refractivity contribution in [3.05, 3.63) is 35.7 Å². The van der Waals surface area contributed by atoms with Crippen LogP contribution < -0.4 is 5.32 Å². The van der Waals surface area contributed by atoms with Gasteiger partial charge in [-0.05, 0) is 25.0 Å². The molecule has 1 aliphatic rings. The van der Waals surface area contributed by atoms with Gasteiger partial charge in [0, 0.05) is 31.6 Å². The molecule has 1 aliphatic heterocycles. The minimum absolute atomic E-state index is 0.00825. The molecule has 1 amide bonds. The van der Waals surface area contributed by atoms with E-state index in [-0.39, 0.29) is 17.5 Å². The van der Waals surface area contributed by atoms with Gasteiger partial charge in [0.05, 0.1) is 12.1 Å². The molecule has 1 fully saturated rings. The number of carboxylic acid groups (broad SMARTS) is 1. The average Bonchev–Trinajstić information content (AvgIpc) is 3.05. The summed E-state index contributed by atoms with van der Waals surface area (Å²) in [6.07, 6.45) is 1.80. The van der Waals surface area contributed by atoms with E-state index in [1.54, 1.807) is 12.1 Å². The Balaban J connectivity index is 1.57. The smallest absolute Gasteiger partial charge is 0.335 e. The molecule has 1 aromatic carbocycles. The Hall–Kier alpha value is -2.74. The Kier molecular flexibility index (Phi) is 5.08. The van der Waals surface area contributed by atoms with Crippen LogP contribution >= 0.6 is 0 Å². The van der Waals surface area contributed by atoms with Gasteiger partial charge in [0.2, 0.25) is 17.6 Å². The molecule has 8 nitrogen and oxygen atoms in total. The van der Waals surface area contributed by atoms with Crippen molar-refractivity contribution in [3.63, 3.8) is 0 Å². The molecule has 25 heavy (non-hydrogen) atoms. The van der Waals surface area contributed by atoms with Crippen LogP contribution in [0.15, 0.2) is 28.8 Å². The van der Waals surface area contributed by atoms with Crippen molar-refractivity contribution in [2.75, 3.05) is 13.1 Å². The van der Waals surface area contributed by atoms with Gasteiger partial charge >= 0.3 is 5.97 Å². The van der Waals surface area contributed by atoms with Gasteiger partial charge in [-0.3, -0.25) is 9.69 Å². The number of rotatable bonds is 5. The summed E-state index contributed by atoms with van der Waals surface area (Å²) < 4.78 is 5.30. The van der Waals surface area contributed by atoms with E-state index < -0.39 is 5.97 Å². The van der Waals surface area contributed by atoms with Crippen LogP contribution in [0.5, 0.6) is 0 Å². The van der Waals surface area contributed by atoms with Crippen LogP contribution in [0.4, 0.5) is 0 Å². The molecule has 0 aliphatic carbocycles. The first-order valence-corrected chi connectivity index (χ1v) is 8.17. The summed E-state index contributed by atoms with van der Waals surface area (Å²) in [5.41, 5.74) is 0.930. The number of carboxylic acids is 1. The highest BCUT2D eigenvalue weighted by atomic mass is 16.5. The maximum atomic E-state index is 11.1. The summed E-state index contributed by atoms with van der Waals surface area (Å²) in [7, 11) is 0. The van der Waals surface area contributed by atoms with E-state index in [1.807, 2.05) is 0 Å². The Morgan fingerprint density at radius 3 is 2.56 bits per heavy atom. The third-order valence-corrected chi connectivity index (χ3v) is 4.21. The molecular weight excluding hydrogens is 324 g/mol. The van der Waals surface area contributed by atoms with E-state index >= 15 is 0 Å². The van der Waals surface area contributed by atoms with Crippen LogP contribution in [0.2, 0.25) is 0 Å². The van der Waals surface area contributed by atoms with Crippen LogP contribution in [0.3, 0.4) is 0 Å². The lowest BCUT2D eigenvalue weighted by Gasteiger charge is -2.31. The molecule has 0 atom stereocenters. The van der Waals surface area contributed by atoms with Gasteiger partial charge in [-0.1, -0.05) is 17.3 Å². The van der Waals surface area contributed by atoms with E-state index in [2.05, 4.69) is 20.4 Å². The fraction of sp³-hybridized carbons (Fsp3) is 0.412. The predicted molar refractivity (Wildman–Crippen MR) is 88.8 cm³/mol. The minimum atomic E-state index is -0.969. The second-order valence-electron chi connectivity index (χ2n) is 6.15. The van der Waals surface area contributed by atoms with Crippen LogP contribution in [-0.4, -0.2) is 51.2 Å². The zero-order valence-corrected chi connectivity index (χ0v) is 13.9. The molecule has 3 rings (SSSR count). The Bertz CT molecular complexity index is 748. The van der Waals surface area contributed by atoms with Gasteiger partial charge in [0.1, 0.15) is 0 Å². The minimum Gasteiger partial charge on any atom is -0.478 e. The molecule has 2 aromatic rings. The highest BCUT2D eigenvalue weighted by molar-refractivity contribution is 5.88. The number of amides is 1. The van der Waals surface area contributed by atoms with Crippen LogP contribution in [0, 0.1) is 0 Å². The summed E-state index contributed by atoms with van der Waals surface area (Å²) in [6.45, 7) is 3.81. The van der Waals surface area contributed by atoms with Crippen molar-refractivity contribution in [2.24, 2.45) is 0 Å². The number of aromatic carboxylic acids is 1.